The van der Waals surface area contributed by atoms with Crippen molar-refractivity contribution in [2.24, 2.45) is 0 Å². The second-order valence-corrected chi connectivity index (χ2v) is 9.72. The lowest BCUT2D eigenvalue weighted by Gasteiger charge is -2.35. The number of nitrogens with zero attached hydrogens (tertiary/aromatic N) is 3. The minimum atomic E-state index is -4.83. The van der Waals surface area contributed by atoms with E-state index in [9.17, 15) is 30.4 Å². The lowest BCUT2D eigenvalue weighted by atomic mass is 10.00. The van der Waals surface area contributed by atoms with E-state index < -0.39 is 61.9 Å². The molecule has 0 saturated carbocycles. The van der Waals surface area contributed by atoms with Crippen molar-refractivity contribution in [3.63, 3.8) is 0 Å². The van der Waals surface area contributed by atoms with Gasteiger partial charge in [0.25, 0.3) is 16.4 Å². The zero-order chi connectivity index (χ0) is 23.8. The van der Waals surface area contributed by atoms with Gasteiger partial charge >= 0.3 is 0 Å². The minimum Gasteiger partial charge on any atom is -0.368 e. The molecule has 0 aliphatic carbocycles. The minimum absolute atomic E-state index is 0.0985. The molecule has 0 spiro atoms. The van der Waals surface area contributed by atoms with Crippen LogP contribution in [0, 0.1) is 17.6 Å². The van der Waals surface area contributed by atoms with Crippen LogP contribution in [0.4, 0.5) is 33.5 Å². The smallest absolute Gasteiger partial charge is 0.268 e. The van der Waals surface area contributed by atoms with Gasteiger partial charge in [0, 0.05) is 24.7 Å². The van der Waals surface area contributed by atoms with Crippen LogP contribution < -0.4 is 9.62 Å². The Bertz CT molecular complexity index is 1120. The van der Waals surface area contributed by atoms with Gasteiger partial charge in [0.2, 0.25) is 5.95 Å². The van der Waals surface area contributed by atoms with Crippen molar-refractivity contribution in [2.45, 2.75) is 30.2 Å². The molecule has 0 bridgehead atoms. The molecule has 1 atom stereocenters. The summed E-state index contributed by atoms with van der Waals surface area (Å²) in [4.78, 5) is 4.93. The maximum atomic E-state index is 15.0. The second kappa shape index (κ2) is 8.99. The maximum Gasteiger partial charge on any atom is 0.268 e. The molecular weight excluding hydrogens is 479 g/mol. The van der Waals surface area contributed by atoms with E-state index in [2.05, 4.69) is 4.98 Å². The first-order chi connectivity index (χ1) is 14.8. The Hall–Kier alpha value is -2.18. The van der Waals surface area contributed by atoms with E-state index in [4.69, 9.17) is 11.6 Å². The highest BCUT2D eigenvalue weighted by Crippen LogP contribution is 2.39. The summed E-state index contributed by atoms with van der Waals surface area (Å²) in [5, 5.41) is -0.639. The fourth-order valence-electron chi connectivity index (χ4n) is 3.59. The quantitative estimate of drug-likeness (QED) is 0.353. The van der Waals surface area contributed by atoms with E-state index in [0.717, 1.165) is 18.2 Å². The summed E-state index contributed by atoms with van der Waals surface area (Å²) >= 11 is 6.06. The van der Waals surface area contributed by atoms with Gasteiger partial charge in [-0.2, -0.15) is 4.39 Å². The Kier molecular flexibility index (Phi) is 6.87. The number of hydrogen-bond donors (Lipinski definition) is 1. The molecule has 1 aromatic carbocycles. The fourth-order valence-corrected chi connectivity index (χ4v) is 5.06. The number of benzene rings is 1. The highest BCUT2D eigenvalue weighted by molar-refractivity contribution is 7.92. The lowest BCUT2D eigenvalue weighted by molar-refractivity contribution is 0.0533. The van der Waals surface area contributed by atoms with E-state index in [-0.39, 0.29) is 18.8 Å². The first kappa shape index (κ1) is 24.5. The van der Waals surface area contributed by atoms with Crippen LogP contribution in [0.25, 0.3) is 0 Å². The van der Waals surface area contributed by atoms with Crippen LogP contribution in [0.15, 0.2) is 29.2 Å². The van der Waals surface area contributed by atoms with Crippen LogP contribution in [0.5, 0.6) is 0 Å². The number of aromatic nitrogens is 1. The van der Waals surface area contributed by atoms with Gasteiger partial charge in [-0.1, -0.05) is 17.7 Å². The Morgan fingerprint density at radius 2 is 2.00 bits per heavy atom. The predicted molar refractivity (Wildman–Crippen MR) is 110 cm³/mol. The normalized spacial score (nSPS) is 19.2. The molecule has 32 heavy (non-hydrogen) atoms. The molecule has 0 unspecified atom stereocenters. The highest BCUT2D eigenvalue weighted by Gasteiger charge is 2.40. The third-order valence-electron chi connectivity index (χ3n) is 5.45. The third-order valence-corrected chi connectivity index (χ3v) is 7.20. The topological polar surface area (TPSA) is 65.5 Å². The Morgan fingerprint density at radius 3 is 2.62 bits per heavy atom. The summed E-state index contributed by atoms with van der Waals surface area (Å²) in [6, 6.07) is 4.01. The number of pyridine rings is 1. The molecular formula is C19H20ClF5N4O2S. The van der Waals surface area contributed by atoms with E-state index in [0.29, 0.717) is 6.42 Å². The molecule has 1 fully saturated rings. The fraction of sp³-hybridized carbons (Fsp3) is 0.421. The van der Waals surface area contributed by atoms with Crippen LogP contribution in [0.3, 0.4) is 0 Å². The van der Waals surface area contributed by atoms with Gasteiger partial charge in [0.1, 0.15) is 16.7 Å². The maximum absolute atomic E-state index is 15.0. The van der Waals surface area contributed by atoms with Gasteiger partial charge in [-0.05, 0) is 32.5 Å². The number of anilines is 2. The van der Waals surface area contributed by atoms with Crippen LogP contribution in [0.2, 0.25) is 5.02 Å². The molecule has 176 valence electrons. The summed E-state index contributed by atoms with van der Waals surface area (Å²) in [6.45, 7) is 1.68. The standard InChI is InChI=1S/C19H20ClF5N4O2S/c1-19(28(2)9-13(22)23)6-7-29(10-19)12-8-11(21)18(17(25)16(12)20)32(30,31)27-15-5-3-4-14(24)26-15/h3-5,8,13H,6-7,9-10H2,1-2H3,(H,26,27)/t19-/m1/s1. The molecule has 1 aliphatic heterocycles. The number of hydrogen-bond acceptors (Lipinski definition) is 5. The van der Waals surface area contributed by atoms with Gasteiger partial charge in [0.05, 0.1) is 12.2 Å². The van der Waals surface area contributed by atoms with Gasteiger partial charge in [0.15, 0.2) is 10.7 Å². The highest BCUT2D eigenvalue weighted by atomic mass is 35.5. The summed E-state index contributed by atoms with van der Waals surface area (Å²) in [5.74, 6) is -4.41. The predicted octanol–water partition coefficient (Wildman–Crippen LogP) is 4.12. The molecule has 2 heterocycles. The van der Waals surface area contributed by atoms with E-state index in [1.54, 1.807) is 6.92 Å². The number of nitrogens with one attached hydrogen (secondary N) is 1. The number of rotatable bonds is 7. The van der Waals surface area contributed by atoms with Gasteiger partial charge in [-0.15, -0.1) is 0 Å². The van der Waals surface area contributed by atoms with Crippen molar-refractivity contribution in [1.29, 1.82) is 0 Å². The van der Waals surface area contributed by atoms with Crippen LogP contribution in [-0.2, 0) is 10.0 Å². The monoisotopic (exact) mass is 498 g/mol. The van der Waals surface area contributed by atoms with E-state index >= 15 is 0 Å². The number of likely N-dealkylation sites (N-methyl/N-ethyl adjacent to an activating group) is 1. The number of sulfonamides is 1. The first-order valence-corrected chi connectivity index (χ1v) is 11.3. The molecule has 2 aromatic rings. The average molecular weight is 499 g/mol. The summed E-state index contributed by atoms with van der Waals surface area (Å²) < 4.78 is 95.4. The largest absolute Gasteiger partial charge is 0.368 e. The molecule has 3 rings (SSSR count). The zero-order valence-electron chi connectivity index (χ0n) is 17.0. The van der Waals surface area contributed by atoms with Crippen molar-refractivity contribution >= 4 is 33.1 Å². The van der Waals surface area contributed by atoms with Crippen LogP contribution in [-0.4, -0.2) is 56.9 Å². The molecule has 6 nitrogen and oxygen atoms in total. The zero-order valence-corrected chi connectivity index (χ0v) is 18.6. The number of halogens is 6. The van der Waals surface area contributed by atoms with Crippen molar-refractivity contribution in [3.05, 3.63) is 46.9 Å². The van der Waals surface area contributed by atoms with Gasteiger partial charge in [-0.3, -0.25) is 9.62 Å². The van der Waals surface area contributed by atoms with Crippen LogP contribution in [0.1, 0.15) is 13.3 Å². The molecule has 0 radical (unpaired) electrons. The summed E-state index contributed by atoms with van der Waals surface area (Å²) in [5.41, 5.74) is -0.805. The Balaban J connectivity index is 1.91. The SMILES string of the molecule is CN(CC(F)F)[C@]1(C)CCN(c2cc(F)c(S(=O)(=O)Nc3cccc(F)n3)c(F)c2Cl)C1. The molecule has 1 aliphatic rings. The lowest BCUT2D eigenvalue weighted by Crippen LogP contribution is -2.48. The Labute approximate surface area is 187 Å². The summed E-state index contributed by atoms with van der Waals surface area (Å²) in [7, 11) is -3.30. The molecule has 13 heteroatoms. The third kappa shape index (κ3) is 4.91. The molecule has 1 saturated heterocycles. The molecule has 1 N–H and O–H groups in total. The van der Waals surface area contributed by atoms with E-state index in [1.165, 1.54) is 22.9 Å². The van der Waals surface area contributed by atoms with Crippen molar-refractivity contribution in [1.82, 2.24) is 9.88 Å². The van der Waals surface area contributed by atoms with Crippen LogP contribution >= 0.6 is 11.6 Å². The first-order valence-electron chi connectivity index (χ1n) is 9.41. The Morgan fingerprint density at radius 1 is 1.31 bits per heavy atom. The van der Waals surface area contributed by atoms with Crippen molar-refractivity contribution in [3.8, 4) is 0 Å². The summed E-state index contributed by atoms with van der Waals surface area (Å²) in [6.07, 6.45) is -2.13. The molecule has 0 amide bonds. The number of alkyl halides is 2. The second-order valence-electron chi connectivity index (χ2n) is 7.73. The van der Waals surface area contributed by atoms with Crippen molar-refractivity contribution < 1.29 is 30.4 Å². The van der Waals surface area contributed by atoms with Gasteiger partial charge in [-0.25, -0.2) is 31.0 Å². The van der Waals surface area contributed by atoms with Gasteiger partial charge < -0.3 is 4.90 Å². The average Bonchev–Trinajstić information content (AvgIpc) is 3.07. The molecule has 1 aromatic heterocycles. The van der Waals surface area contributed by atoms with Crippen molar-refractivity contribution in [2.75, 3.05) is 36.3 Å². The van der Waals surface area contributed by atoms with E-state index in [1.807, 2.05) is 4.72 Å².